The summed E-state index contributed by atoms with van der Waals surface area (Å²) in [6.07, 6.45) is 5.29. The van der Waals surface area contributed by atoms with Crippen molar-refractivity contribution in [3.05, 3.63) is 23.9 Å². The smallest absolute Gasteiger partial charge is 0.250 e. The van der Waals surface area contributed by atoms with Crippen LogP contribution in [0.1, 0.15) is 29.6 Å². The zero-order chi connectivity index (χ0) is 10.7. The van der Waals surface area contributed by atoms with Crippen LogP contribution in [0.2, 0.25) is 0 Å². The molecule has 2 heterocycles. The normalized spacial score (nSPS) is 16.4. The number of piperidine rings is 1. The third-order valence-electron chi connectivity index (χ3n) is 2.71. The van der Waals surface area contributed by atoms with Crippen LogP contribution < -0.4 is 10.6 Å². The highest BCUT2D eigenvalue weighted by atomic mass is 16.1. The third-order valence-corrected chi connectivity index (χ3v) is 2.71. The Morgan fingerprint density at radius 1 is 1.27 bits per heavy atom. The van der Waals surface area contributed by atoms with Gasteiger partial charge in [-0.1, -0.05) is 0 Å². The average molecular weight is 205 g/mol. The van der Waals surface area contributed by atoms with Crippen molar-refractivity contribution in [3.8, 4) is 0 Å². The first kappa shape index (κ1) is 9.96. The zero-order valence-electron chi connectivity index (χ0n) is 8.65. The fourth-order valence-electron chi connectivity index (χ4n) is 1.84. The summed E-state index contributed by atoms with van der Waals surface area (Å²) in [5, 5.41) is 0. The van der Waals surface area contributed by atoms with Gasteiger partial charge in [-0.25, -0.2) is 4.98 Å². The van der Waals surface area contributed by atoms with Crippen molar-refractivity contribution in [2.24, 2.45) is 5.73 Å². The molecule has 0 aromatic carbocycles. The predicted octanol–water partition coefficient (Wildman–Crippen LogP) is 1.17. The fourth-order valence-corrected chi connectivity index (χ4v) is 1.84. The molecule has 2 rings (SSSR count). The standard InChI is InChI=1S/C11H15N3O/c12-11(15)9-4-5-10(13-8-9)14-6-2-1-3-7-14/h4-5,8H,1-3,6-7H2,(H2,12,15). The van der Waals surface area contributed by atoms with Gasteiger partial charge < -0.3 is 10.6 Å². The van der Waals surface area contributed by atoms with Crippen LogP contribution in [0.5, 0.6) is 0 Å². The van der Waals surface area contributed by atoms with Gasteiger partial charge >= 0.3 is 0 Å². The number of hydrogen-bond acceptors (Lipinski definition) is 3. The summed E-state index contributed by atoms with van der Waals surface area (Å²) < 4.78 is 0. The van der Waals surface area contributed by atoms with Gasteiger partial charge in [0, 0.05) is 19.3 Å². The molecular formula is C11H15N3O. The molecule has 0 radical (unpaired) electrons. The van der Waals surface area contributed by atoms with Gasteiger partial charge in [-0.05, 0) is 31.4 Å². The minimum absolute atomic E-state index is 0.423. The van der Waals surface area contributed by atoms with E-state index in [4.69, 9.17) is 5.73 Å². The minimum Gasteiger partial charge on any atom is -0.366 e. The predicted molar refractivity (Wildman–Crippen MR) is 58.8 cm³/mol. The van der Waals surface area contributed by atoms with E-state index in [2.05, 4.69) is 9.88 Å². The highest BCUT2D eigenvalue weighted by molar-refractivity contribution is 5.92. The Balaban J connectivity index is 2.11. The van der Waals surface area contributed by atoms with E-state index in [1.807, 2.05) is 6.07 Å². The Bertz CT molecular complexity index is 341. The molecule has 0 spiro atoms. The summed E-state index contributed by atoms with van der Waals surface area (Å²) in [7, 11) is 0. The van der Waals surface area contributed by atoms with Crippen molar-refractivity contribution in [2.45, 2.75) is 19.3 Å². The van der Waals surface area contributed by atoms with Crippen molar-refractivity contribution >= 4 is 11.7 Å². The van der Waals surface area contributed by atoms with Gasteiger partial charge in [0.25, 0.3) is 0 Å². The Kier molecular flexibility index (Phi) is 2.85. The highest BCUT2D eigenvalue weighted by Crippen LogP contribution is 2.17. The number of nitrogens with zero attached hydrogens (tertiary/aromatic N) is 2. The summed E-state index contributed by atoms with van der Waals surface area (Å²) in [6.45, 7) is 2.12. The molecule has 1 saturated heterocycles. The summed E-state index contributed by atoms with van der Waals surface area (Å²) in [5.74, 6) is 0.521. The van der Waals surface area contributed by atoms with Crippen molar-refractivity contribution in [3.63, 3.8) is 0 Å². The third kappa shape index (κ3) is 2.26. The second kappa shape index (κ2) is 4.29. The van der Waals surface area contributed by atoms with E-state index in [0.29, 0.717) is 5.56 Å². The van der Waals surface area contributed by atoms with Crippen molar-refractivity contribution in [2.75, 3.05) is 18.0 Å². The van der Waals surface area contributed by atoms with Gasteiger partial charge in [0.05, 0.1) is 5.56 Å². The second-order valence-corrected chi connectivity index (χ2v) is 3.82. The van der Waals surface area contributed by atoms with Crippen LogP contribution in [0.15, 0.2) is 18.3 Å². The van der Waals surface area contributed by atoms with Crippen LogP contribution in [0.3, 0.4) is 0 Å². The van der Waals surface area contributed by atoms with E-state index in [1.54, 1.807) is 12.3 Å². The molecule has 2 N–H and O–H groups in total. The highest BCUT2D eigenvalue weighted by Gasteiger charge is 2.12. The fraction of sp³-hybridized carbons (Fsp3) is 0.455. The van der Waals surface area contributed by atoms with Crippen LogP contribution >= 0.6 is 0 Å². The van der Waals surface area contributed by atoms with E-state index in [1.165, 1.54) is 19.3 Å². The van der Waals surface area contributed by atoms with Crippen LogP contribution in [0.25, 0.3) is 0 Å². The van der Waals surface area contributed by atoms with Gasteiger partial charge in [-0.2, -0.15) is 0 Å². The summed E-state index contributed by atoms with van der Waals surface area (Å²) >= 11 is 0. The van der Waals surface area contributed by atoms with Gasteiger partial charge in [0.2, 0.25) is 5.91 Å². The molecule has 4 heteroatoms. The largest absolute Gasteiger partial charge is 0.366 e. The van der Waals surface area contributed by atoms with Crippen LogP contribution in [0.4, 0.5) is 5.82 Å². The number of hydrogen-bond donors (Lipinski definition) is 1. The molecule has 4 nitrogen and oxygen atoms in total. The molecule has 15 heavy (non-hydrogen) atoms. The van der Waals surface area contributed by atoms with Crippen molar-refractivity contribution in [1.29, 1.82) is 0 Å². The molecule has 1 aliphatic heterocycles. The van der Waals surface area contributed by atoms with E-state index in [-0.39, 0.29) is 0 Å². The first-order valence-electron chi connectivity index (χ1n) is 5.28. The number of nitrogens with two attached hydrogens (primary N) is 1. The number of pyridine rings is 1. The lowest BCUT2D eigenvalue weighted by Crippen LogP contribution is -2.30. The Morgan fingerprint density at radius 2 is 2.00 bits per heavy atom. The second-order valence-electron chi connectivity index (χ2n) is 3.82. The number of amides is 1. The molecule has 80 valence electrons. The maximum absolute atomic E-state index is 10.9. The first-order chi connectivity index (χ1) is 7.27. The van der Waals surface area contributed by atoms with E-state index >= 15 is 0 Å². The average Bonchev–Trinajstić information content (AvgIpc) is 2.30. The molecule has 1 fully saturated rings. The van der Waals surface area contributed by atoms with Crippen LogP contribution in [-0.2, 0) is 0 Å². The molecule has 0 saturated carbocycles. The van der Waals surface area contributed by atoms with Crippen molar-refractivity contribution in [1.82, 2.24) is 4.98 Å². The van der Waals surface area contributed by atoms with Gasteiger partial charge in [0.1, 0.15) is 5.82 Å². The lowest BCUT2D eigenvalue weighted by molar-refractivity contribution is 0.1000. The monoisotopic (exact) mass is 205 g/mol. The SMILES string of the molecule is NC(=O)c1ccc(N2CCCCC2)nc1. The van der Waals surface area contributed by atoms with E-state index in [0.717, 1.165) is 18.9 Å². The molecule has 0 aliphatic carbocycles. The molecule has 1 aliphatic rings. The topological polar surface area (TPSA) is 59.2 Å². The lowest BCUT2D eigenvalue weighted by atomic mass is 10.1. The molecular weight excluding hydrogens is 190 g/mol. The van der Waals surface area contributed by atoms with Crippen LogP contribution in [-0.4, -0.2) is 24.0 Å². The number of carbonyl (C=O) groups excluding carboxylic acids is 1. The maximum atomic E-state index is 10.9. The number of primary amides is 1. The summed E-state index contributed by atoms with van der Waals surface area (Å²) in [4.78, 5) is 17.4. The van der Waals surface area contributed by atoms with Crippen molar-refractivity contribution < 1.29 is 4.79 Å². The van der Waals surface area contributed by atoms with E-state index < -0.39 is 5.91 Å². The number of rotatable bonds is 2. The molecule has 1 aromatic rings. The molecule has 0 bridgehead atoms. The number of carbonyl (C=O) groups is 1. The molecule has 0 unspecified atom stereocenters. The maximum Gasteiger partial charge on any atom is 0.250 e. The quantitative estimate of drug-likeness (QED) is 0.788. The molecule has 0 atom stereocenters. The number of anilines is 1. The Labute approximate surface area is 89.1 Å². The van der Waals surface area contributed by atoms with Gasteiger partial charge in [0.15, 0.2) is 0 Å². The minimum atomic E-state index is -0.423. The molecule has 1 aromatic heterocycles. The Hall–Kier alpha value is -1.58. The zero-order valence-corrected chi connectivity index (χ0v) is 8.65. The van der Waals surface area contributed by atoms with Crippen LogP contribution in [0, 0.1) is 0 Å². The summed E-state index contributed by atoms with van der Waals surface area (Å²) in [6, 6.07) is 3.60. The lowest BCUT2D eigenvalue weighted by Gasteiger charge is -2.27. The Morgan fingerprint density at radius 3 is 2.53 bits per heavy atom. The van der Waals surface area contributed by atoms with E-state index in [9.17, 15) is 4.79 Å². The number of aromatic nitrogens is 1. The van der Waals surface area contributed by atoms with Gasteiger partial charge in [-0.15, -0.1) is 0 Å². The summed E-state index contributed by atoms with van der Waals surface area (Å²) in [5.41, 5.74) is 5.62. The first-order valence-corrected chi connectivity index (χ1v) is 5.28. The van der Waals surface area contributed by atoms with Gasteiger partial charge in [-0.3, -0.25) is 4.79 Å². The molecule has 1 amide bonds.